The van der Waals surface area contributed by atoms with Gasteiger partial charge in [-0.1, -0.05) is 12.2 Å². The summed E-state index contributed by atoms with van der Waals surface area (Å²) in [6, 6.07) is 0. The third-order valence-corrected chi connectivity index (χ3v) is 9.03. The van der Waals surface area contributed by atoms with Crippen LogP contribution in [0.2, 0.25) is 0 Å². The fourth-order valence-electron chi connectivity index (χ4n) is 6.93. The molecule has 10 bridgehead atoms. The first kappa shape index (κ1) is 24.8. The van der Waals surface area contributed by atoms with E-state index >= 15 is 4.39 Å². The lowest BCUT2D eigenvalue weighted by Crippen LogP contribution is -2.36. The summed E-state index contributed by atoms with van der Waals surface area (Å²) in [7, 11) is 0. The minimum absolute atomic E-state index is 0.0516. The number of anilines is 3. The molecule has 0 aromatic carbocycles. The molecular weight excluding hydrogens is 523 g/mol. The summed E-state index contributed by atoms with van der Waals surface area (Å²) >= 11 is 0. The second kappa shape index (κ2) is 9.26. The van der Waals surface area contributed by atoms with E-state index in [0.29, 0.717) is 48.2 Å². The molecule has 7 aliphatic rings. The number of fused-ring (bicyclic) bond motifs is 6. The molecular formula is C26H31FN8O5. The molecule has 0 saturated carbocycles. The molecule has 3 saturated heterocycles. The maximum absolute atomic E-state index is 16.3. The summed E-state index contributed by atoms with van der Waals surface area (Å²) in [6.07, 6.45) is 1.64. The van der Waals surface area contributed by atoms with Crippen LogP contribution < -0.4 is 21.7 Å². The SMILES string of the molecule is N[C@@H]1O[C@@H]2COC34C[C@H]5[C@@H](F)[C@@H]6Nc7ncnc(c7C(C[C@@H]1[C@@H]2O)OC[C@H]5O6)NC/C=C/CNc1ncnc3c14. The second-order valence-electron chi connectivity index (χ2n) is 11.2. The number of ether oxygens (including phenoxy) is 4. The summed E-state index contributed by atoms with van der Waals surface area (Å²) in [4.78, 5) is 18.0. The lowest BCUT2D eigenvalue weighted by Gasteiger charge is -2.30. The van der Waals surface area contributed by atoms with Crippen LogP contribution in [0, 0.1) is 11.8 Å². The van der Waals surface area contributed by atoms with Gasteiger partial charge < -0.3 is 45.7 Å². The van der Waals surface area contributed by atoms with Crippen LogP contribution in [0.4, 0.5) is 21.8 Å². The standard InChI is InChI=1S/C26H31FN8O5/c27-18-12-6-26-17-20(26)31-9-34-24(17)30-4-2-1-3-29-22-16-13(5-11-19(36)15(8-38-26)39-21(11)28)37-7-14(12)40-25(18)35-23(16)33-10-32-22/h1-2,9-15,18-19,21,25,36H,3-8,28H2,(H,30,31,34)(H2,29,32,33,35)/b2-1+/t11-,12-,13?,14-,15-,18-,19+,21-,25-,26?/m1/s1. The molecule has 1 spiro atoms. The summed E-state index contributed by atoms with van der Waals surface area (Å²) in [5, 5.41) is 21.3. The number of hydrogen-bond donors (Lipinski definition) is 5. The molecule has 6 aliphatic heterocycles. The Hall–Kier alpha value is -3.01. The Morgan fingerprint density at radius 1 is 0.950 bits per heavy atom. The first-order chi connectivity index (χ1) is 19.5. The third kappa shape index (κ3) is 3.74. The molecule has 0 radical (unpaired) electrons. The van der Waals surface area contributed by atoms with Gasteiger partial charge in [0, 0.05) is 24.9 Å². The van der Waals surface area contributed by atoms with Crippen LogP contribution in [-0.2, 0) is 24.5 Å². The molecule has 212 valence electrons. The Labute approximate surface area is 229 Å². The zero-order chi connectivity index (χ0) is 27.0. The number of aromatic nitrogens is 4. The Balaban J connectivity index is 1.31. The molecule has 2 aromatic rings. The zero-order valence-electron chi connectivity index (χ0n) is 21.6. The minimum atomic E-state index is -1.39. The summed E-state index contributed by atoms with van der Waals surface area (Å²) < 4.78 is 41.7. The van der Waals surface area contributed by atoms with Crippen molar-refractivity contribution in [3.8, 4) is 0 Å². The van der Waals surface area contributed by atoms with Gasteiger partial charge in [-0.15, -0.1) is 0 Å². The van der Waals surface area contributed by atoms with E-state index in [1.54, 1.807) is 0 Å². The molecule has 2 unspecified atom stereocenters. The molecule has 3 fully saturated rings. The second-order valence-corrected chi connectivity index (χ2v) is 11.2. The number of hydrogen-bond acceptors (Lipinski definition) is 13. The predicted molar refractivity (Wildman–Crippen MR) is 138 cm³/mol. The average molecular weight is 555 g/mol. The van der Waals surface area contributed by atoms with Gasteiger partial charge in [-0.25, -0.2) is 24.3 Å². The van der Waals surface area contributed by atoms with Crippen molar-refractivity contribution in [3.05, 3.63) is 41.6 Å². The van der Waals surface area contributed by atoms with E-state index in [9.17, 15) is 5.11 Å². The summed E-state index contributed by atoms with van der Waals surface area (Å²) in [5.41, 5.74) is 7.52. The molecule has 0 amide bonds. The van der Waals surface area contributed by atoms with Crippen molar-refractivity contribution < 1.29 is 28.4 Å². The van der Waals surface area contributed by atoms with Crippen molar-refractivity contribution in [1.29, 1.82) is 0 Å². The van der Waals surface area contributed by atoms with Crippen LogP contribution in [0.15, 0.2) is 24.8 Å². The molecule has 2 aromatic heterocycles. The van der Waals surface area contributed by atoms with E-state index in [1.807, 2.05) is 12.2 Å². The third-order valence-electron chi connectivity index (χ3n) is 9.03. The quantitative estimate of drug-likeness (QED) is 0.286. The van der Waals surface area contributed by atoms with Crippen molar-refractivity contribution in [2.45, 2.75) is 61.5 Å². The molecule has 1 aliphatic carbocycles. The fourth-order valence-corrected chi connectivity index (χ4v) is 6.93. The first-order valence-electron chi connectivity index (χ1n) is 13.8. The molecule has 6 N–H and O–H groups in total. The lowest BCUT2D eigenvalue weighted by molar-refractivity contribution is -0.0943. The van der Waals surface area contributed by atoms with Crippen LogP contribution in [0.5, 0.6) is 0 Å². The van der Waals surface area contributed by atoms with E-state index in [4.69, 9.17) is 24.7 Å². The normalized spacial score (nSPS) is 42.0. The van der Waals surface area contributed by atoms with Crippen LogP contribution >= 0.6 is 0 Å². The van der Waals surface area contributed by atoms with Crippen LogP contribution in [0.3, 0.4) is 0 Å². The minimum Gasteiger partial charge on any atom is -0.390 e. The number of nitrogens with zero attached hydrogens (tertiary/aromatic N) is 4. The number of nitrogens with two attached hydrogens (primary N) is 1. The van der Waals surface area contributed by atoms with Gasteiger partial charge >= 0.3 is 0 Å². The number of nitrogens with one attached hydrogen (secondary N) is 3. The lowest BCUT2D eigenvalue weighted by atomic mass is 9.89. The Morgan fingerprint density at radius 3 is 2.60 bits per heavy atom. The smallest absolute Gasteiger partial charge is 0.161 e. The van der Waals surface area contributed by atoms with Crippen molar-refractivity contribution >= 4 is 17.5 Å². The Kier molecular flexibility index (Phi) is 5.73. The van der Waals surface area contributed by atoms with Crippen molar-refractivity contribution in [2.24, 2.45) is 17.6 Å². The Bertz CT molecular complexity index is 1350. The van der Waals surface area contributed by atoms with Gasteiger partial charge in [0.25, 0.3) is 0 Å². The van der Waals surface area contributed by atoms with Gasteiger partial charge in [0.05, 0.1) is 48.3 Å². The zero-order valence-corrected chi connectivity index (χ0v) is 21.6. The number of aliphatic hydroxyl groups is 1. The first-order valence-corrected chi connectivity index (χ1v) is 13.8. The number of rotatable bonds is 0. The monoisotopic (exact) mass is 554 g/mol. The van der Waals surface area contributed by atoms with Gasteiger partial charge in [-0.2, -0.15) is 0 Å². The van der Waals surface area contributed by atoms with Gasteiger partial charge in [-0.3, -0.25) is 0 Å². The van der Waals surface area contributed by atoms with Gasteiger partial charge in [0.2, 0.25) is 0 Å². The fraction of sp³-hybridized carbons (Fsp3) is 0.615. The topological polar surface area (TPSA) is 171 Å². The molecule has 14 heteroatoms. The molecule has 10 atom stereocenters. The van der Waals surface area contributed by atoms with E-state index in [2.05, 4.69) is 35.9 Å². The van der Waals surface area contributed by atoms with Gasteiger partial charge in [-0.05, 0) is 12.8 Å². The predicted octanol–water partition coefficient (Wildman–Crippen LogP) is 0.551. The van der Waals surface area contributed by atoms with Crippen LogP contribution in [-0.4, -0.2) is 88.3 Å². The largest absolute Gasteiger partial charge is 0.390 e. The van der Waals surface area contributed by atoms with E-state index in [-0.39, 0.29) is 19.6 Å². The highest BCUT2D eigenvalue weighted by atomic mass is 19.1. The Morgan fingerprint density at radius 2 is 1.73 bits per heavy atom. The maximum atomic E-state index is 16.3. The van der Waals surface area contributed by atoms with E-state index in [1.165, 1.54) is 12.7 Å². The van der Waals surface area contributed by atoms with E-state index < -0.39 is 60.5 Å². The van der Waals surface area contributed by atoms with Crippen LogP contribution in [0.1, 0.15) is 35.8 Å². The number of alkyl halides is 1. The van der Waals surface area contributed by atoms with E-state index in [0.717, 1.165) is 5.56 Å². The van der Waals surface area contributed by atoms with Crippen molar-refractivity contribution in [1.82, 2.24) is 19.9 Å². The number of halogens is 1. The average Bonchev–Trinajstić information content (AvgIpc) is 3.35. The molecule has 13 nitrogen and oxygen atoms in total. The van der Waals surface area contributed by atoms with Crippen molar-refractivity contribution in [2.75, 3.05) is 42.3 Å². The highest BCUT2D eigenvalue weighted by Crippen LogP contribution is 2.59. The van der Waals surface area contributed by atoms with Gasteiger partial charge in [0.15, 0.2) is 12.4 Å². The summed E-state index contributed by atoms with van der Waals surface area (Å²) in [5.74, 6) is 0.538. The summed E-state index contributed by atoms with van der Waals surface area (Å²) in [6.45, 7) is 1.16. The highest BCUT2D eigenvalue weighted by Gasteiger charge is 2.62. The highest BCUT2D eigenvalue weighted by molar-refractivity contribution is 5.66. The van der Waals surface area contributed by atoms with Crippen LogP contribution in [0.25, 0.3) is 0 Å². The van der Waals surface area contributed by atoms with Crippen molar-refractivity contribution in [3.63, 3.8) is 0 Å². The molecule has 40 heavy (non-hydrogen) atoms. The molecule has 8 heterocycles. The number of aliphatic hydroxyl groups excluding tert-OH is 1. The maximum Gasteiger partial charge on any atom is 0.161 e. The van der Waals surface area contributed by atoms with Gasteiger partial charge in [0.1, 0.15) is 48.0 Å². The molecule has 9 rings (SSSR count).